The van der Waals surface area contributed by atoms with Gasteiger partial charge >= 0.3 is 12.2 Å². The zero-order chi connectivity index (χ0) is 17.6. The van der Waals surface area contributed by atoms with Crippen LogP contribution in [0, 0.1) is 11.6 Å². The molecule has 10 heteroatoms. The summed E-state index contributed by atoms with van der Waals surface area (Å²) in [6.07, 6.45) is -5.02. The van der Waals surface area contributed by atoms with E-state index >= 15 is 0 Å². The van der Waals surface area contributed by atoms with Gasteiger partial charge in [0.1, 0.15) is 0 Å². The van der Waals surface area contributed by atoms with E-state index in [0.717, 1.165) is 12.1 Å². The molecule has 1 rings (SSSR count). The van der Waals surface area contributed by atoms with Crippen LogP contribution in [-0.4, -0.2) is 31.2 Å². The highest BCUT2D eigenvalue weighted by molar-refractivity contribution is 5.75. The first-order chi connectivity index (χ1) is 10.6. The Labute approximate surface area is 128 Å². The van der Waals surface area contributed by atoms with Gasteiger partial charge in [0.25, 0.3) is 0 Å². The van der Waals surface area contributed by atoms with Crippen molar-refractivity contribution in [3.05, 3.63) is 35.4 Å². The van der Waals surface area contributed by atoms with Gasteiger partial charge in [-0.1, -0.05) is 12.1 Å². The van der Waals surface area contributed by atoms with E-state index in [1.807, 2.05) is 0 Å². The summed E-state index contributed by atoms with van der Waals surface area (Å²) < 4.78 is 65.6. The number of urea groups is 1. The summed E-state index contributed by atoms with van der Waals surface area (Å²) in [6, 6.07) is -1.64. The second kappa shape index (κ2) is 7.75. The summed E-state index contributed by atoms with van der Waals surface area (Å²) in [6.45, 7) is 1.10. The quantitative estimate of drug-likeness (QED) is 0.567. The van der Waals surface area contributed by atoms with E-state index in [1.165, 1.54) is 12.2 Å². The summed E-state index contributed by atoms with van der Waals surface area (Å²) >= 11 is 0. The number of carbonyl (C=O) groups is 2. The molecule has 0 aliphatic carbocycles. The molecule has 1 aromatic carbocycles. The fourth-order valence-electron chi connectivity index (χ4n) is 1.68. The minimum Gasteiger partial charge on any atom is -0.355 e. The lowest BCUT2D eigenvalue weighted by Crippen LogP contribution is -2.45. The Hall–Kier alpha value is -2.39. The Kier molecular flexibility index (Phi) is 6.28. The number of hydrogen-bond donors (Lipinski definition) is 3. The van der Waals surface area contributed by atoms with Gasteiger partial charge in [0.2, 0.25) is 5.91 Å². The molecule has 0 bridgehead atoms. The third kappa shape index (κ3) is 5.72. The number of benzene rings is 1. The highest BCUT2D eigenvalue weighted by atomic mass is 19.4. The molecule has 3 N–H and O–H groups in total. The van der Waals surface area contributed by atoms with Gasteiger partial charge in [0.05, 0.1) is 0 Å². The standard InChI is InChI=1S/C13H14F5N3O2/c1-7(22)19-5-6-20-12(23)21-11(13(16,17)18)8-3-2-4-9(14)10(8)15/h2-4,11H,5-6H2,1H3,(H,19,22)(H2,20,21,23)/t11-/m0/s1. The van der Waals surface area contributed by atoms with E-state index in [0.29, 0.717) is 6.07 Å². The zero-order valence-corrected chi connectivity index (χ0v) is 11.9. The van der Waals surface area contributed by atoms with Crippen molar-refractivity contribution in [2.24, 2.45) is 0 Å². The van der Waals surface area contributed by atoms with Crippen LogP contribution in [0.1, 0.15) is 18.5 Å². The molecule has 128 valence electrons. The smallest absolute Gasteiger partial charge is 0.355 e. The first-order valence-electron chi connectivity index (χ1n) is 6.42. The minimum atomic E-state index is -5.02. The summed E-state index contributed by atoms with van der Waals surface area (Å²) in [5.41, 5.74) is -1.03. The maximum absolute atomic E-state index is 13.5. The molecule has 0 spiro atoms. The molecule has 23 heavy (non-hydrogen) atoms. The maximum Gasteiger partial charge on any atom is 0.413 e. The van der Waals surface area contributed by atoms with Crippen molar-refractivity contribution in [1.29, 1.82) is 0 Å². The normalized spacial score (nSPS) is 12.4. The largest absolute Gasteiger partial charge is 0.413 e. The van der Waals surface area contributed by atoms with Crippen LogP contribution in [0.25, 0.3) is 0 Å². The highest BCUT2D eigenvalue weighted by Crippen LogP contribution is 2.34. The van der Waals surface area contributed by atoms with Crippen LogP contribution in [-0.2, 0) is 4.79 Å². The van der Waals surface area contributed by atoms with Crippen molar-refractivity contribution in [3.8, 4) is 0 Å². The molecule has 0 aliphatic rings. The molecule has 0 aliphatic heterocycles. The maximum atomic E-state index is 13.5. The SMILES string of the molecule is CC(=O)NCCNC(=O)N[C@@H](c1cccc(F)c1F)C(F)(F)F. The molecular formula is C13H14F5N3O2. The van der Waals surface area contributed by atoms with Crippen molar-refractivity contribution in [1.82, 2.24) is 16.0 Å². The molecule has 0 aromatic heterocycles. The molecule has 0 saturated carbocycles. The van der Waals surface area contributed by atoms with Crippen molar-refractivity contribution < 1.29 is 31.5 Å². The predicted molar refractivity (Wildman–Crippen MR) is 70.4 cm³/mol. The van der Waals surface area contributed by atoms with Crippen LogP contribution < -0.4 is 16.0 Å². The Morgan fingerprint density at radius 3 is 2.30 bits per heavy atom. The predicted octanol–water partition coefficient (Wildman–Crippen LogP) is 2.00. The average molecular weight is 339 g/mol. The summed E-state index contributed by atoms with van der Waals surface area (Å²) in [7, 11) is 0. The van der Waals surface area contributed by atoms with E-state index in [-0.39, 0.29) is 19.0 Å². The zero-order valence-electron chi connectivity index (χ0n) is 11.9. The molecule has 1 atom stereocenters. The van der Waals surface area contributed by atoms with E-state index in [4.69, 9.17) is 0 Å². The summed E-state index contributed by atoms with van der Waals surface area (Å²) in [5.74, 6) is -3.51. The molecule has 0 radical (unpaired) electrons. The molecular weight excluding hydrogens is 325 g/mol. The number of hydrogen-bond acceptors (Lipinski definition) is 2. The molecule has 0 saturated heterocycles. The van der Waals surface area contributed by atoms with Crippen LogP contribution in [0.2, 0.25) is 0 Å². The van der Waals surface area contributed by atoms with Crippen LogP contribution >= 0.6 is 0 Å². The lowest BCUT2D eigenvalue weighted by molar-refractivity contribution is -0.155. The van der Waals surface area contributed by atoms with E-state index in [9.17, 15) is 31.5 Å². The number of amides is 3. The first kappa shape index (κ1) is 18.7. The molecule has 0 fully saturated rings. The van der Waals surface area contributed by atoms with Gasteiger partial charge in [-0.2, -0.15) is 13.2 Å². The Balaban J connectivity index is 2.79. The Bertz CT molecular complexity index is 577. The second-order valence-electron chi connectivity index (χ2n) is 4.50. The molecule has 0 unspecified atom stereocenters. The van der Waals surface area contributed by atoms with Crippen LogP contribution in [0.5, 0.6) is 0 Å². The fourth-order valence-corrected chi connectivity index (χ4v) is 1.68. The molecule has 0 heterocycles. The fraction of sp³-hybridized carbons (Fsp3) is 0.385. The third-order valence-corrected chi connectivity index (χ3v) is 2.68. The van der Waals surface area contributed by atoms with Gasteiger partial charge in [-0.15, -0.1) is 0 Å². The number of halogens is 5. The van der Waals surface area contributed by atoms with Gasteiger partial charge in [-0.25, -0.2) is 13.6 Å². The first-order valence-corrected chi connectivity index (χ1v) is 6.42. The number of nitrogens with one attached hydrogen (secondary N) is 3. The van der Waals surface area contributed by atoms with Crippen molar-refractivity contribution in [3.63, 3.8) is 0 Å². The Morgan fingerprint density at radius 2 is 1.74 bits per heavy atom. The Morgan fingerprint density at radius 1 is 1.13 bits per heavy atom. The van der Waals surface area contributed by atoms with Gasteiger partial charge in [-0.3, -0.25) is 4.79 Å². The van der Waals surface area contributed by atoms with E-state index in [1.54, 1.807) is 0 Å². The highest BCUT2D eigenvalue weighted by Gasteiger charge is 2.43. The van der Waals surface area contributed by atoms with Crippen molar-refractivity contribution >= 4 is 11.9 Å². The lowest BCUT2D eigenvalue weighted by atomic mass is 10.1. The monoisotopic (exact) mass is 339 g/mol. The lowest BCUT2D eigenvalue weighted by Gasteiger charge is -2.22. The number of alkyl halides is 3. The topological polar surface area (TPSA) is 70.2 Å². The van der Waals surface area contributed by atoms with Crippen LogP contribution in [0.4, 0.5) is 26.7 Å². The number of carbonyl (C=O) groups excluding carboxylic acids is 2. The van der Waals surface area contributed by atoms with Gasteiger partial charge in [-0.05, 0) is 6.07 Å². The van der Waals surface area contributed by atoms with Crippen molar-refractivity contribution in [2.45, 2.75) is 19.1 Å². The molecule has 5 nitrogen and oxygen atoms in total. The van der Waals surface area contributed by atoms with Crippen molar-refractivity contribution in [2.75, 3.05) is 13.1 Å². The molecule has 3 amide bonds. The summed E-state index contributed by atoms with van der Waals surface area (Å²) in [5, 5.41) is 5.92. The average Bonchev–Trinajstić information content (AvgIpc) is 2.43. The van der Waals surface area contributed by atoms with Crippen LogP contribution in [0.3, 0.4) is 0 Å². The minimum absolute atomic E-state index is 0.00770. The van der Waals surface area contributed by atoms with Crippen LogP contribution in [0.15, 0.2) is 18.2 Å². The third-order valence-electron chi connectivity index (χ3n) is 2.68. The van der Waals surface area contributed by atoms with Gasteiger partial charge < -0.3 is 16.0 Å². The van der Waals surface area contributed by atoms with E-state index < -0.39 is 35.4 Å². The second-order valence-corrected chi connectivity index (χ2v) is 4.50. The number of rotatable bonds is 5. The van der Waals surface area contributed by atoms with Gasteiger partial charge in [0.15, 0.2) is 17.7 Å². The summed E-state index contributed by atoms with van der Waals surface area (Å²) in [4.78, 5) is 22.0. The van der Waals surface area contributed by atoms with Gasteiger partial charge in [0, 0.05) is 25.6 Å². The van der Waals surface area contributed by atoms with E-state index in [2.05, 4.69) is 10.6 Å². The molecule has 1 aromatic rings.